The van der Waals surface area contributed by atoms with E-state index in [1.54, 1.807) is 7.11 Å². The van der Waals surface area contributed by atoms with Gasteiger partial charge in [-0.05, 0) is 19.3 Å². The first-order valence-electron chi connectivity index (χ1n) is 6.38. The second kappa shape index (κ2) is 8.39. The fourth-order valence-corrected chi connectivity index (χ4v) is 2.09. The number of hydrogen-bond acceptors (Lipinski definition) is 2. The molecule has 0 aromatic carbocycles. The maximum atomic E-state index is 5.84. The third-order valence-corrected chi connectivity index (χ3v) is 3.00. The SMILES string of the molecule is COCCCN=C(N)NC1CCCCCC1. The molecule has 0 bridgehead atoms. The van der Waals surface area contributed by atoms with Gasteiger partial charge in [0.1, 0.15) is 0 Å². The van der Waals surface area contributed by atoms with Crippen LogP contribution >= 0.6 is 0 Å². The van der Waals surface area contributed by atoms with Gasteiger partial charge in [0.15, 0.2) is 5.96 Å². The summed E-state index contributed by atoms with van der Waals surface area (Å²) in [6.45, 7) is 1.50. The van der Waals surface area contributed by atoms with Crippen molar-refractivity contribution < 1.29 is 4.74 Å². The summed E-state index contributed by atoms with van der Waals surface area (Å²) in [5.41, 5.74) is 5.84. The molecule has 4 nitrogen and oxygen atoms in total. The third kappa shape index (κ3) is 5.95. The number of ether oxygens (including phenoxy) is 1. The average molecular weight is 227 g/mol. The molecule has 4 heteroatoms. The van der Waals surface area contributed by atoms with Crippen LogP contribution in [-0.2, 0) is 4.74 Å². The molecule has 0 radical (unpaired) electrons. The lowest BCUT2D eigenvalue weighted by atomic mass is 10.1. The highest BCUT2D eigenvalue weighted by atomic mass is 16.5. The summed E-state index contributed by atoms with van der Waals surface area (Å²) < 4.78 is 4.96. The van der Waals surface area contributed by atoms with Gasteiger partial charge in [-0.15, -0.1) is 0 Å². The van der Waals surface area contributed by atoms with E-state index in [-0.39, 0.29) is 0 Å². The molecule has 0 saturated heterocycles. The standard InChI is InChI=1S/C12H25N3O/c1-16-10-6-9-14-12(13)15-11-7-4-2-3-5-8-11/h11H,2-10H2,1H3,(H3,13,14,15). The highest BCUT2D eigenvalue weighted by molar-refractivity contribution is 5.78. The molecule has 94 valence electrons. The van der Waals surface area contributed by atoms with Crippen molar-refractivity contribution in [3.05, 3.63) is 0 Å². The Balaban J connectivity index is 2.17. The molecule has 1 rings (SSSR count). The van der Waals surface area contributed by atoms with Crippen LogP contribution in [0.1, 0.15) is 44.9 Å². The molecule has 16 heavy (non-hydrogen) atoms. The molecule has 0 spiro atoms. The lowest BCUT2D eigenvalue weighted by Crippen LogP contribution is -2.39. The Morgan fingerprint density at radius 3 is 2.62 bits per heavy atom. The molecule has 0 aliphatic heterocycles. The molecular formula is C12H25N3O. The lowest BCUT2D eigenvalue weighted by molar-refractivity contribution is 0.197. The van der Waals surface area contributed by atoms with E-state index in [2.05, 4.69) is 10.3 Å². The number of nitrogens with zero attached hydrogens (tertiary/aromatic N) is 1. The molecule has 1 saturated carbocycles. The number of methoxy groups -OCH3 is 1. The van der Waals surface area contributed by atoms with Crippen molar-refractivity contribution in [3.63, 3.8) is 0 Å². The van der Waals surface area contributed by atoms with Crippen LogP contribution in [0.25, 0.3) is 0 Å². The van der Waals surface area contributed by atoms with E-state index in [9.17, 15) is 0 Å². The molecule has 1 aliphatic rings. The monoisotopic (exact) mass is 227 g/mol. The van der Waals surface area contributed by atoms with Crippen molar-refractivity contribution >= 4 is 5.96 Å². The Hall–Kier alpha value is -0.770. The van der Waals surface area contributed by atoms with Crippen molar-refractivity contribution in [2.75, 3.05) is 20.3 Å². The van der Waals surface area contributed by atoms with E-state index in [0.29, 0.717) is 12.0 Å². The first-order chi connectivity index (χ1) is 7.83. The van der Waals surface area contributed by atoms with Crippen LogP contribution in [0.4, 0.5) is 0 Å². The molecule has 0 aromatic rings. The Bertz CT molecular complexity index is 198. The Morgan fingerprint density at radius 2 is 2.00 bits per heavy atom. The number of nitrogens with two attached hydrogens (primary N) is 1. The molecule has 3 N–H and O–H groups in total. The van der Waals surface area contributed by atoms with E-state index in [4.69, 9.17) is 10.5 Å². The van der Waals surface area contributed by atoms with Gasteiger partial charge in [0.2, 0.25) is 0 Å². The van der Waals surface area contributed by atoms with E-state index in [1.165, 1.54) is 38.5 Å². The van der Waals surface area contributed by atoms with Crippen molar-refractivity contribution in [2.45, 2.75) is 51.0 Å². The molecule has 0 unspecified atom stereocenters. The van der Waals surface area contributed by atoms with E-state index in [1.807, 2.05) is 0 Å². The Kier molecular flexibility index (Phi) is 6.97. The van der Waals surface area contributed by atoms with Gasteiger partial charge in [0, 0.05) is 26.3 Å². The number of guanidine groups is 1. The molecular weight excluding hydrogens is 202 g/mol. The zero-order chi connectivity index (χ0) is 11.6. The first-order valence-corrected chi connectivity index (χ1v) is 6.38. The van der Waals surface area contributed by atoms with Crippen LogP contribution in [0.5, 0.6) is 0 Å². The van der Waals surface area contributed by atoms with Gasteiger partial charge in [-0.1, -0.05) is 25.7 Å². The lowest BCUT2D eigenvalue weighted by Gasteiger charge is -2.16. The predicted octanol–water partition coefficient (Wildman–Crippen LogP) is 1.65. The quantitative estimate of drug-likeness (QED) is 0.325. The van der Waals surface area contributed by atoms with Crippen molar-refractivity contribution in [1.29, 1.82) is 0 Å². The molecule has 0 aromatic heterocycles. The number of nitrogens with one attached hydrogen (secondary N) is 1. The summed E-state index contributed by atoms with van der Waals surface area (Å²) in [5.74, 6) is 0.600. The van der Waals surface area contributed by atoms with Crippen LogP contribution < -0.4 is 11.1 Å². The van der Waals surface area contributed by atoms with Gasteiger partial charge in [0.25, 0.3) is 0 Å². The molecule has 0 atom stereocenters. The smallest absolute Gasteiger partial charge is 0.188 e. The molecule has 1 fully saturated rings. The second-order valence-corrected chi connectivity index (χ2v) is 4.45. The Labute approximate surface area is 98.6 Å². The number of hydrogen-bond donors (Lipinski definition) is 2. The average Bonchev–Trinajstić information content (AvgIpc) is 2.53. The maximum Gasteiger partial charge on any atom is 0.188 e. The fourth-order valence-electron chi connectivity index (χ4n) is 2.09. The van der Waals surface area contributed by atoms with Crippen molar-refractivity contribution in [2.24, 2.45) is 10.7 Å². The summed E-state index contributed by atoms with van der Waals surface area (Å²) in [4.78, 5) is 4.29. The second-order valence-electron chi connectivity index (χ2n) is 4.45. The third-order valence-electron chi connectivity index (χ3n) is 3.00. The van der Waals surface area contributed by atoms with Gasteiger partial charge in [0.05, 0.1) is 0 Å². The van der Waals surface area contributed by atoms with Gasteiger partial charge >= 0.3 is 0 Å². The minimum absolute atomic E-state index is 0.536. The summed E-state index contributed by atoms with van der Waals surface area (Å²) >= 11 is 0. The summed E-state index contributed by atoms with van der Waals surface area (Å²) in [5, 5.41) is 3.32. The van der Waals surface area contributed by atoms with Crippen LogP contribution in [0, 0.1) is 0 Å². The highest BCUT2D eigenvalue weighted by Gasteiger charge is 2.11. The van der Waals surface area contributed by atoms with Gasteiger partial charge < -0.3 is 15.8 Å². The van der Waals surface area contributed by atoms with E-state index in [0.717, 1.165) is 19.6 Å². The highest BCUT2D eigenvalue weighted by Crippen LogP contribution is 2.16. The zero-order valence-corrected chi connectivity index (χ0v) is 10.4. The van der Waals surface area contributed by atoms with Crippen LogP contribution in [0.3, 0.4) is 0 Å². The van der Waals surface area contributed by atoms with Crippen molar-refractivity contribution in [1.82, 2.24) is 5.32 Å². The largest absolute Gasteiger partial charge is 0.385 e. The normalized spacial score (nSPS) is 19.4. The van der Waals surface area contributed by atoms with Crippen molar-refractivity contribution in [3.8, 4) is 0 Å². The van der Waals surface area contributed by atoms with Crippen LogP contribution in [-0.4, -0.2) is 32.3 Å². The molecule has 1 aliphatic carbocycles. The summed E-state index contributed by atoms with van der Waals surface area (Å²) in [6, 6.07) is 0.536. The molecule has 0 amide bonds. The van der Waals surface area contributed by atoms with Gasteiger partial charge in [-0.2, -0.15) is 0 Å². The van der Waals surface area contributed by atoms with Gasteiger partial charge in [-0.25, -0.2) is 0 Å². The molecule has 0 heterocycles. The zero-order valence-electron chi connectivity index (χ0n) is 10.4. The minimum Gasteiger partial charge on any atom is -0.385 e. The fraction of sp³-hybridized carbons (Fsp3) is 0.917. The maximum absolute atomic E-state index is 5.84. The number of rotatable bonds is 5. The van der Waals surface area contributed by atoms with Crippen LogP contribution in [0.15, 0.2) is 4.99 Å². The van der Waals surface area contributed by atoms with Gasteiger partial charge in [-0.3, -0.25) is 4.99 Å². The van der Waals surface area contributed by atoms with E-state index < -0.39 is 0 Å². The first kappa shape index (κ1) is 13.3. The van der Waals surface area contributed by atoms with Crippen LogP contribution in [0.2, 0.25) is 0 Å². The topological polar surface area (TPSA) is 59.6 Å². The van der Waals surface area contributed by atoms with E-state index >= 15 is 0 Å². The summed E-state index contributed by atoms with van der Waals surface area (Å²) in [7, 11) is 1.71. The predicted molar refractivity (Wildman–Crippen MR) is 67.6 cm³/mol. The Morgan fingerprint density at radius 1 is 1.31 bits per heavy atom. The minimum atomic E-state index is 0.536. The summed E-state index contributed by atoms with van der Waals surface area (Å²) in [6.07, 6.45) is 8.75. The number of aliphatic imine (C=N–C) groups is 1.